The van der Waals surface area contributed by atoms with Crippen LogP contribution in [0.2, 0.25) is 5.22 Å². The zero-order valence-corrected chi connectivity index (χ0v) is 10.8. The fourth-order valence-electron chi connectivity index (χ4n) is 1.55. The molecule has 0 bridgehead atoms. The van der Waals surface area contributed by atoms with Crippen molar-refractivity contribution in [3.05, 3.63) is 47.4 Å². The number of carbonyl (C=O) groups is 1. The Hall–Kier alpha value is -1.94. The molecular formula is C13H12ClNO3. The molecule has 18 heavy (non-hydrogen) atoms. The molecule has 0 N–H and O–H groups in total. The standard InChI is InChI=1S/C13H12ClNO3/c1-15(9-3-5-10(17-2)6-4-9)13(16)11-7-8-18-12(11)14/h3-8H,1-2H3. The summed E-state index contributed by atoms with van der Waals surface area (Å²) in [5, 5.41) is 0.0976. The highest BCUT2D eigenvalue weighted by atomic mass is 35.5. The molecule has 0 fully saturated rings. The highest BCUT2D eigenvalue weighted by Crippen LogP contribution is 2.23. The monoisotopic (exact) mass is 265 g/mol. The van der Waals surface area contributed by atoms with Gasteiger partial charge in [-0.25, -0.2) is 0 Å². The number of anilines is 1. The van der Waals surface area contributed by atoms with Crippen molar-refractivity contribution in [2.24, 2.45) is 0 Å². The number of methoxy groups -OCH3 is 1. The molecule has 5 heteroatoms. The Morgan fingerprint density at radius 2 is 1.94 bits per heavy atom. The molecule has 0 spiro atoms. The molecule has 0 aliphatic rings. The van der Waals surface area contributed by atoms with E-state index < -0.39 is 0 Å². The fraction of sp³-hybridized carbons (Fsp3) is 0.154. The van der Waals surface area contributed by atoms with Crippen molar-refractivity contribution in [1.29, 1.82) is 0 Å². The number of furan rings is 1. The van der Waals surface area contributed by atoms with Gasteiger partial charge in [0.15, 0.2) is 0 Å². The van der Waals surface area contributed by atoms with E-state index in [1.807, 2.05) is 0 Å². The largest absolute Gasteiger partial charge is 0.497 e. The minimum Gasteiger partial charge on any atom is -0.497 e. The molecule has 1 heterocycles. The van der Waals surface area contributed by atoms with E-state index in [0.717, 1.165) is 11.4 Å². The summed E-state index contributed by atoms with van der Waals surface area (Å²) in [4.78, 5) is 13.6. The third-order valence-electron chi connectivity index (χ3n) is 2.61. The Bertz CT molecular complexity index is 548. The molecule has 0 aliphatic carbocycles. The number of halogens is 1. The highest BCUT2D eigenvalue weighted by molar-refractivity contribution is 6.32. The average Bonchev–Trinajstić information content (AvgIpc) is 2.83. The van der Waals surface area contributed by atoms with Crippen LogP contribution in [0.3, 0.4) is 0 Å². The van der Waals surface area contributed by atoms with E-state index in [1.165, 1.54) is 11.2 Å². The van der Waals surface area contributed by atoms with E-state index in [-0.39, 0.29) is 11.1 Å². The van der Waals surface area contributed by atoms with Gasteiger partial charge in [-0.15, -0.1) is 0 Å². The number of hydrogen-bond donors (Lipinski definition) is 0. The van der Waals surface area contributed by atoms with E-state index in [4.69, 9.17) is 20.8 Å². The molecule has 94 valence electrons. The summed E-state index contributed by atoms with van der Waals surface area (Å²) in [5.41, 5.74) is 1.09. The SMILES string of the molecule is COc1ccc(N(C)C(=O)c2ccoc2Cl)cc1. The Morgan fingerprint density at radius 1 is 1.28 bits per heavy atom. The number of benzene rings is 1. The smallest absolute Gasteiger partial charge is 0.262 e. The predicted molar refractivity (Wildman–Crippen MR) is 69.4 cm³/mol. The predicted octanol–water partition coefficient (Wildman–Crippen LogP) is 3.22. The minimum atomic E-state index is -0.223. The number of hydrogen-bond acceptors (Lipinski definition) is 3. The van der Waals surface area contributed by atoms with Crippen LogP contribution in [0.15, 0.2) is 41.0 Å². The van der Waals surface area contributed by atoms with Crippen LogP contribution in [0.25, 0.3) is 0 Å². The quantitative estimate of drug-likeness (QED) is 0.856. The molecule has 0 atom stereocenters. The Kier molecular flexibility index (Phi) is 3.58. The zero-order valence-electron chi connectivity index (χ0n) is 10.0. The summed E-state index contributed by atoms with van der Waals surface area (Å²) in [7, 11) is 3.27. The van der Waals surface area contributed by atoms with Gasteiger partial charge in [-0.05, 0) is 41.9 Å². The first-order valence-electron chi connectivity index (χ1n) is 5.28. The molecule has 2 aromatic rings. The van der Waals surface area contributed by atoms with Crippen LogP contribution in [0.4, 0.5) is 5.69 Å². The van der Waals surface area contributed by atoms with Crippen LogP contribution in [0, 0.1) is 0 Å². The van der Waals surface area contributed by atoms with Gasteiger partial charge < -0.3 is 14.1 Å². The third-order valence-corrected chi connectivity index (χ3v) is 2.91. The Balaban J connectivity index is 2.23. The summed E-state index contributed by atoms with van der Waals surface area (Å²) in [6.45, 7) is 0. The van der Waals surface area contributed by atoms with Crippen molar-refractivity contribution in [2.45, 2.75) is 0 Å². The van der Waals surface area contributed by atoms with Crippen molar-refractivity contribution < 1.29 is 13.9 Å². The summed E-state index contributed by atoms with van der Waals surface area (Å²) >= 11 is 5.78. The van der Waals surface area contributed by atoms with Gasteiger partial charge in [-0.3, -0.25) is 4.79 Å². The maximum Gasteiger partial charge on any atom is 0.262 e. The van der Waals surface area contributed by atoms with Crippen LogP contribution in [0.1, 0.15) is 10.4 Å². The zero-order chi connectivity index (χ0) is 13.1. The summed E-state index contributed by atoms with van der Waals surface area (Å²) in [6, 6.07) is 8.71. The lowest BCUT2D eigenvalue weighted by atomic mass is 10.2. The van der Waals surface area contributed by atoms with Gasteiger partial charge in [0.05, 0.1) is 18.9 Å². The number of amides is 1. The molecule has 0 radical (unpaired) electrons. The van der Waals surface area contributed by atoms with Gasteiger partial charge in [-0.1, -0.05) is 0 Å². The van der Waals surface area contributed by atoms with Crippen LogP contribution >= 0.6 is 11.6 Å². The number of ether oxygens (including phenoxy) is 1. The van der Waals surface area contributed by atoms with E-state index in [9.17, 15) is 4.79 Å². The molecule has 4 nitrogen and oxygen atoms in total. The number of carbonyl (C=O) groups excluding carboxylic acids is 1. The van der Waals surface area contributed by atoms with Gasteiger partial charge in [0.1, 0.15) is 5.75 Å². The topological polar surface area (TPSA) is 42.7 Å². The van der Waals surface area contributed by atoms with Crippen LogP contribution in [-0.2, 0) is 0 Å². The van der Waals surface area contributed by atoms with Gasteiger partial charge >= 0.3 is 0 Å². The second kappa shape index (κ2) is 5.14. The van der Waals surface area contributed by atoms with E-state index in [2.05, 4.69) is 0 Å². The molecule has 0 saturated heterocycles. The summed E-state index contributed by atoms with van der Waals surface area (Å²) < 4.78 is 9.97. The molecule has 0 unspecified atom stereocenters. The lowest BCUT2D eigenvalue weighted by Gasteiger charge is -2.16. The molecular weight excluding hydrogens is 254 g/mol. The molecule has 1 amide bonds. The molecule has 0 saturated carbocycles. The van der Waals surface area contributed by atoms with Crippen molar-refractivity contribution in [2.75, 3.05) is 19.1 Å². The first-order valence-corrected chi connectivity index (χ1v) is 5.66. The molecule has 1 aromatic heterocycles. The van der Waals surface area contributed by atoms with Gasteiger partial charge in [0.2, 0.25) is 5.22 Å². The maximum absolute atomic E-state index is 12.1. The number of rotatable bonds is 3. The van der Waals surface area contributed by atoms with Crippen molar-refractivity contribution >= 4 is 23.2 Å². The lowest BCUT2D eigenvalue weighted by Crippen LogP contribution is -2.25. The molecule has 2 rings (SSSR count). The second-order valence-corrected chi connectivity index (χ2v) is 4.01. The number of nitrogens with zero attached hydrogens (tertiary/aromatic N) is 1. The van der Waals surface area contributed by atoms with Crippen LogP contribution in [0.5, 0.6) is 5.75 Å². The van der Waals surface area contributed by atoms with Gasteiger partial charge in [0, 0.05) is 12.7 Å². The minimum absolute atomic E-state index is 0.0976. The van der Waals surface area contributed by atoms with Gasteiger partial charge in [-0.2, -0.15) is 0 Å². The third kappa shape index (κ3) is 2.33. The second-order valence-electron chi connectivity index (χ2n) is 3.67. The van der Waals surface area contributed by atoms with E-state index >= 15 is 0 Å². The van der Waals surface area contributed by atoms with E-state index in [0.29, 0.717) is 5.56 Å². The van der Waals surface area contributed by atoms with E-state index in [1.54, 1.807) is 44.5 Å². The lowest BCUT2D eigenvalue weighted by molar-refractivity contribution is 0.0992. The Labute approximate surface area is 110 Å². The molecule has 1 aromatic carbocycles. The highest BCUT2D eigenvalue weighted by Gasteiger charge is 2.18. The summed E-state index contributed by atoms with van der Waals surface area (Å²) in [5.74, 6) is 0.514. The first-order chi connectivity index (χ1) is 8.63. The Morgan fingerprint density at radius 3 is 2.44 bits per heavy atom. The van der Waals surface area contributed by atoms with Gasteiger partial charge in [0.25, 0.3) is 5.91 Å². The average molecular weight is 266 g/mol. The van der Waals surface area contributed by atoms with Crippen molar-refractivity contribution in [3.63, 3.8) is 0 Å². The van der Waals surface area contributed by atoms with Crippen molar-refractivity contribution in [3.8, 4) is 5.75 Å². The van der Waals surface area contributed by atoms with Crippen LogP contribution in [-0.4, -0.2) is 20.1 Å². The fourth-order valence-corrected chi connectivity index (χ4v) is 1.75. The maximum atomic E-state index is 12.1. The molecule has 0 aliphatic heterocycles. The normalized spacial score (nSPS) is 10.2. The summed E-state index contributed by atoms with van der Waals surface area (Å²) in [6.07, 6.45) is 1.39. The van der Waals surface area contributed by atoms with Crippen molar-refractivity contribution in [1.82, 2.24) is 0 Å². The van der Waals surface area contributed by atoms with Crippen LogP contribution < -0.4 is 9.64 Å². The first kappa shape index (κ1) is 12.5.